The van der Waals surface area contributed by atoms with E-state index >= 15 is 0 Å². The van der Waals surface area contributed by atoms with Gasteiger partial charge in [-0.05, 0) is 22.0 Å². The number of hydrogen-bond acceptors (Lipinski definition) is 3. The number of alkyl halides is 2. The molecule has 0 aliphatic rings. The molecule has 0 fully saturated rings. The van der Waals surface area contributed by atoms with Crippen molar-refractivity contribution in [2.75, 3.05) is 0 Å². The molecule has 3 nitrogen and oxygen atoms in total. The van der Waals surface area contributed by atoms with Crippen LogP contribution in [0.2, 0.25) is 0 Å². The molecule has 0 amide bonds. The molecule has 0 saturated heterocycles. The first kappa shape index (κ1) is 9.86. The Morgan fingerprint density at radius 3 is 2.69 bits per heavy atom. The molecular weight excluding hydrogens is 246 g/mol. The predicted octanol–water partition coefficient (Wildman–Crippen LogP) is 2.36. The van der Waals surface area contributed by atoms with E-state index < -0.39 is 17.9 Å². The van der Waals surface area contributed by atoms with Crippen LogP contribution in [0, 0.1) is 11.3 Å². The van der Waals surface area contributed by atoms with Gasteiger partial charge in [0.05, 0.1) is 5.56 Å². The number of aromatic hydroxyl groups is 1. The van der Waals surface area contributed by atoms with Crippen LogP contribution >= 0.6 is 15.9 Å². The molecule has 1 aromatic heterocycles. The van der Waals surface area contributed by atoms with E-state index in [1.807, 2.05) is 0 Å². The fourth-order valence-electron chi connectivity index (χ4n) is 0.723. The quantitative estimate of drug-likeness (QED) is 0.777. The molecule has 0 atom stereocenters. The SMILES string of the molecule is N#Cc1cc(C(F)F)nc(Br)c1O. The van der Waals surface area contributed by atoms with Gasteiger partial charge in [-0.25, -0.2) is 13.8 Å². The Balaban J connectivity index is 3.32. The highest BCUT2D eigenvalue weighted by atomic mass is 79.9. The summed E-state index contributed by atoms with van der Waals surface area (Å²) in [5.41, 5.74) is -0.765. The zero-order valence-electron chi connectivity index (χ0n) is 6.13. The summed E-state index contributed by atoms with van der Waals surface area (Å²) < 4.78 is 24.1. The Kier molecular flexibility index (Phi) is 2.78. The van der Waals surface area contributed by atoms with Gasteiger partial charge in [0.15, 0.2) is 5.75 Å². The molecule has 1 heterocycles. The van der Waals surface area contributed by atoms with E-state index in [0.29, 0.717) is 0 Å². The largest absolute Gasteiger partial charge is 0.504 e. The van der Waals surface area contributed by atoms with Gasteiger partial charge in [0.25, 0.3) is 6.43 Å². The van der Waals surface area contributed by atoms with Gasteiger partial charge in [0.2, 0.25) is 0 Å². The lowest BCUT2D eigenvalue weighted by Gasteiger charge is -2.02. The minimum absolute atomic E-state index is 0.151. The summed E-state index contributed by atoms with van der Waals surface area (Å²) in [6.07, 6.45) is -2.76. The predicted molar refractivity (Wildman–Crippen MR) is 43.3 cm³/mol. The molecule has 1 rings (SSSR count). The van der Waals surface area contributed by atoms with E-state index in [-0.39, 0.29) is 10.2 Å². The third-order valence-electron chi connectivity index (χ3n) is 1.31. The van der Waals surface area contributed by atoms with Crippen LogP contribution in [0.25, 0.3) is 0 Å². The lowest BCUT2D eigenvalue weighted by molar-refractivity contribution is 0.145. The average molecular weight is 249 g/mol. The standard InChI is InChI=1S/C7H3BrF2N2O/c8-6-5(13)3(2-11)1-4(12-6)7(9)10/h1,7,13H. The first-order valence-electron chi connectivity index (χ1n) is 3.14. The van der Waals surface area contributed by atoms with Gasteiger partial charge in [-0.1, -0.05) is 0 Å². The van der Waals surface area contributed by atoms with Crippen LogP contribution < -0.4 is 0 Å². The van der Waals surface area contributed by atoms with Gasteiger partial charge in [-0.3, -0.25) is 0 Å². The van der Waals surface area contributed by atoms with Crippen molar-refractivity contribution < 1.29 is 13.9 Å². The van der Waals surface area contributed by atoms with E-state index in [4.69, 9.17) is 10.4 Å². The zero-order valence-corrected chi connectivity index (χ0v) is 7.72. The topological polar surface area (TPSA) is 56.9 Å². The third kappa shape index (κ3) is 1.92. The maximum Gasteiger partial charge on any atom is 0.280 e. The molecule has 0 radical (unpaired) electrons. The van der Waals surface area contributed by atoms with Crippen molar-refractivity contribution in [1.29, 1.82) is 5.26 Å². The number of hydrogen-bond donors (Lipinski definition) is 1. The molecule has 0 aliphatic heterocycles. The Morgan fingerprint density at radius 2 is 2.23 bits per heavy atom. The Hall–Kier alpha value is -1.22. The fraction of sp³-hybridized carbons (Fsp3) is 0.143. The number of halogens is 3. The molecule has 1 aromatic rings. The van der Waals surface area contributed by atoms with Crippen LogP contribution in [0.15, 0.2) is 10.7 Å². The second-order valence-electron chi connectivity index (χ2n) is 2.15. The summed E-state index contributed by atoms with van der Waals surface area (Å²) >= 11 is 2.76. The monoisotopic (exact) mass is 248 g/mol. The normalized spacial score (nSPS) is 10.1. The molecule has 68 valence electrons. The second kappa shape index (κ2) is 3.66. The summed E-state index contributed by atoms with van der Waals surface area (Å²) in [4.78, 5) is 3.35. The van der Waals surface area contributed by atoms with Gasteiger partial charge in [0, 0.05) is 0 Å². The number of nitriles is 1. The molecule has 6 heteroatoms. The smallest absolute Gasteiger partial charge is 0.280 e. The first-order chi connectivity index (χ1) is 6.06. The number of rotatable bonds is 1. The van der Waals surface area contributed by atoms with Gasteiger partial charge in [-0.2, -0.15) is 5.26 Å². The zero-order chi connectivity index (χ0) is 10.0. The Bertz CT molecular complexity index is 375. The number of aromatic nitrogens is 1. The van der Waals surface area contributed by atoms with Gasteiger partial charge < -0.3 is 5.11 Å². The minimum Gasteiger partial charge on any atom is -0.504 e. The highest BCUT2D eigenvalue weighted by Crippen LogP contribution is 2.29. The molecule has 0 aliphatic carbocycles. The maximum absolute atomic E-state index is 12.1. The van der Waals surface area contributed by atoms with Crippen LogP contribution in [-0.4, -0.2) is 10.1 Å². The van der Waals surface area contributed by atoms with Crippen molar-refractivity contribution >= 4 is 15.9 Å². The van der Waals surface area contributed by atoms with Crippen molar-refractivity contribution in [3.63, 3.8) is 0 Å². The van der Waals surface area contributed by atoms with Crippen LogP contribution in [-0.2, 0) is 0 Å². The average Bonchev–Trinajstić information content (AvgIpc) is 2.09. The van der Waals surface area contributed by atoms with E-state index in [0.717, 1.165) is 6.07 Å². The molecule has 0 saturated carbocycles. The lowest BCUT2D eigenvalue weighted by atomic mass is 10.2. The molecule has 0 spiro atoms. The van der Waals surface area contributed by atoms with E-state index in [2.05, 4.69) is 20.9 Å². The second-order valence-corrected chi connectivity index (χ2v) is 2.90. The Labute approximate surface area is 80.8 Å². The Morgan fingerprint density at radius 1 is 1.62 bits per heavy atom. The van der Waals surface area contributed by atoms with Gasteiger partial charge >= 0.3 is 0 Å². The van der Waals surface area contributed by atoms with E-state index in [1.165, 1.54) is 0 Å². The third-order valence-corrected chi connectivity index (χ3v) is 1.87. The number of nitrogens with zero attached hydrogens (tertiary/aromatic N) is 2. The van der Waals surface area contributed by atoms with Gasteiger partial charge in [-0.15, -0.1) is 0 Å². The van der Waals surface area contributed by atoms with Crippen molar-refractivity contribution in [1.82, 2.24) is 4.98 Å². The highest BCUT2D eigenvalue weighted by molar-refractivity contribution is 9.10. The van der Waals surface area contributed by atoms with Crippen LogP contribution in [0.4, 0.5) is 8.78 Å². The van der Waals surface area contributed by atoms with Crippen molar-refractivity contribution in [2.45, 2.75) is 6.43 Å². The summed E-state index contributed by atoms with van der Waals surface area (Å²) in [5.74, 6) is -0.424. The van der Waals surface area contributed by atoms with Crippen molar-refractivity contribution in [3.8, 4) is 11.8 Å². The van der Waals surface area contributed by atoms with Crippen LogP contribution in [0.3, 0.4) is 0 Å². The fourth-order valence-corrected chi connectivity index (χ4v) is 1.14. The summed E-state index contributed by atoms with van der Waals surface area (Å²) in [5, 5.41) is 17.6. The summed E-state index contributed by atoms with van der Waals surface area (Å²) in [6, 6.07) is 2.43. The van der Waals surface area contributed by atoms with E-state index in [9.17, 15) is 8.78 Å². The first-order valence-corrected chi connectivity index (χ1v) is 3.93. The molecule has 0 bridgehead atoms. The van der Waals surface area contributed by atoms with E-state index in [1.54, 1.807) is 6.07 Å². The highest BCUT2D eigenvalue weighted by Gasteiger charge is 2.15. The summed E-state index contributed by atoms with van der Waals surface area (Å²) in [6.45, 7) is 0. The van der Waals surface area contributed by atoms with Crippen molar-refractivity contribution in [3.05, 3.63) is 21.9 Å². The number of pyridine rings is 1. The van der Waals surface area contributed by atoms with Crippen LogP contribution in [0.1, 0.15) is 17.7 Å². The molecule has 13 heavy (non-hydrogen) atoms. The molecule has 1 N–H and O–H groups in total. The van der Waals surface area contributed by atoms with Crippen LogP contribution in [0.5, 0.6) is 5.75 Å². The maximum atomic E-state index is 12.1. The molecular formula is C7H3BrF2N2O. The molecule has 0 aromatic carbocycles. The van der Waals surface area contributed by atoms with Crippen molar-refractivity contribution in [2.24, 2.45) is 0 Å². The summed E-state index contributed by atoms with van der Waals surface area (Å²) in [7, 11) is 0. The minimum atomic E-state index is -2.76. The van der Waals surface area contributed by atoms with Gasteiger partial charge in [0.1, 0.15) is 16.4 Å². The lowest BCUT2D eigenvalue weighted by Crippen LogP contribution is -1.93. The molecule has 0 unspecified atom stereocenters.